The van der Waals surface area contributed by atoms with E-state index in [1.165, 1.54) is 36.4 Å². The van der Waals surface area contributed by atoms with Crippen molar-refractivity contribution < 1.29 is 18.7 Å². The summed E-state index contributed by atoms with van der Waals surface area (Å²) in [5, 5.41) is 5.14. The highest BCUT2D eigenvalue weighted by Gasteiger charge is 2.14. The van der Waals surface area contributed by atoms with Crippen molar-refractivity contribution in [2.45, 2.75) is 6.92 Å². The lowest BCUT2D eigenvalue weighted by Gasteiger charge is -2.08. The van der Waals surface area contributed by atoms with Gasteiger partial charge in [0, 0.05) is 5.69 Å². The summed E-state index contributed by atoms with van der Waals surface area (Å²) < 4.78 is 19.0. The van der Waals surface area contributed by atoms with Gasteiger partial charge in [0.25, 0.3) is 11.8 Å². The van der Waals surface area contributed by atoms with Crippen molar-refractivity contribution in [3.8, 4) is 5.75 Å². The first-order valence-electron chi connectivity index (χ1n) is 8.64. The zero-order valence-electron chi connectivity index (χ0n) is 15.1. The predicted molar refractivity (Wildman–Crippen MR) is 104 cm³/mol. The van der Waals surface area contributed by atoms with Gasteiger partial charge in [-0.1, -0.05) is 18.2 Å². The van der Waals surface area contributed by atoms with E-state index in [1.807, 2.05) is 6.92 Å². The van der Waals surface area contributed by atoms with Crippen LogP contribution in [0.4, 0.5) is 15.8 Å². The number of amides is 2. The Morgan fingerprint density at radius 3 is 2.18 bits per heavy atom. The maximum atomic E-state index is 13.7. The fourth-order valence-electron chi connectivity index (χ4n) is 2.43. The molecule has 0 atom stereocenters. The molecule has 3 aromatic rings. The summed E-state index contributed by atoms with van der Waals surface area (Å²) in [5.74, 6) is -0.934. The number of para-hydroxylation sites is 1. The number of ether oxygens (including phenoxy) is 1. The summed E-state index contributed by atoms with van der Waals surface area (Å²) in [6, 6.07) is 17.2. The minimum atomic E-state index is -0.610. The van der Waals surface area contributed by atoms with Crippen molar-refractivity contribution in [3.63, 3.8) is 0 Å². The maximum absolute atomic E-state index is 13.7. The number of nitrogens with one attached hydrogen (secondary N) is 2. The van der Waals surface area contributed by atoms with Crippen LogP contribution >= 0.6 is 0 Å². The first-order valence-corrected chi connectivity index (χ1v) is 8.64. The first kappa shape index (κ1) is 19.0. The van der Waals surface area contributed by atoms with Gasteiger partial charge in [0.1, 0.15) is 23.0 Å². The lowest BCUT2D eigenvalue weighted by molar-refractivity contribution is 0.101. The van der Waals surface area contributed by atoms with Crippen molar-refractivity contribution in [2.24, 2.45) is 0 Å². The molecular weight excluding hydrogens is 361 g/mol. The third-order valence-corrected chi connectivity index (χ3v) is 3.76. The van der Waals surface area contributed by atoms with E-state index in [0.717, 1.165) is 0 Å². The molecule has 0 fully saturated rings. The van der Waals surface area contributed by atoms with Crippen LogP contribution in [0.5, 0.6) is 5.75 Å². The molecule has 0 saturated carbocycles. The van der Waals surface area contributed by atoms with E-state index >= 15 is 0 Å². The number of pyridine rings is 1. The van der Waals surface area contributed by atoms with Crippen LogP contribution in [0.1, 0.15) is 27.9 Å². The minimum Gasteiger partial charge on any atom is -0.494 e. The van der Waals surface area contributed by atoms with Gasteiger partial charge in [0.05, 0.1) is 12.3 Å². The lowest BCUT2D eigenvalue weighted by Crippen LogP contribution is -2.18. The van der Waals surface area contributed by atoms with Crippen LogP contribution in [0.3, 0.4) is 0 Å². The number of rotatable bonds is 6. The molecule has 0 spiro atoms. The monoisotopic (exact) mass is 379 g/mol. The third-order valence-electron chi connectivity index (χ3n) is 3.76. The Kier molecular flexibility index (Phi) is 5.96. The molecule has 7 heteroatoms. The highest BCUT2D eigenvalue weighted by atomic mass is 19.1. The van der Waals surface area contributed by atoms with Crippen LogP contribution in [-0.2, 0) is 0 Å². The molecule has 0 aliphatic carbocycles. The number of hydrogen-bond acceptors (Lipinski definition) is 4. The summed E-state index contributed by atoms with van der Waals surface area (Å²) in [5.41, 5.74) is 0.674. The highest BCUT2D eigenvalue weighted by Crippen LogP contribution is 2.17. The average Bonchev–Trinajstić information content (AvgIpc) is 2.71. The van der Waals surface area contributed by atoms with Gasteiger partial charge >= 0.3 is 0 Å². The normalized spacial score (nSPS) is 10.2. The van der Waals surface area contributed by atoms with Crippen LogP contribution in [0.2, 0.25) is 0 Å². The number of carbonyl (C=O) groups is 2. The molecular formula is C21H18FN3O3. The Morgan fingerprint density at radius 2 is 1.54 bits per heavy atom. The molecule has 0 bridgehead atoms. The van der Waals surface area contributed by atoms with Gasteiger partial charge in [-0.3, -0.25) is 9.59 Å². The largest absolute Gasteiger partial charge is 0.494 e. The van der Waals surface area contributed by atoms with Crippen LogP contribution in [0, 0.1) is 5.82 Å². The lowest BCUT2D eigenvalue weighted by atomic mass is 10.2. The summed E-state index contributed by atoms with van der Waals surface area (Å²) in [6.07, 6.45) is 0. The molecule has 0 unspecified atom stereocenters. The van der Waals surface area contributed by atoms with E-state index in [9.17, 15) is 14.0 Å². The molecule has 0 aliphatic heterocycles. The fraction of sp³-hybridized carbons (Fsp3) is 0.0952. The Balaban J connectivity index is 1.70. The van der Waals surface area contributed by atoms with E-state index in [1.54, 1.807) is 30.3 Å². The standard InChI is InChI=1S/C21H18FN3O3/c1-2-28-15-12-10-14(11-13-15)23-20(26)18-8-5-9-19(24-18)21(27)25-17-7-4-3-6-16(17)22/h3-13H,2H2,1H3,(H,23,26)(H,25,27). The zero-order chi connectivity index (χ0) is 19.9. The van der Waals surface area contributed by atoms with Gasteiger partial charge in [-0.2, -0.15) is 0 Å². The van der Waals surface area contributed by atoms with Crippen LogP contribution in [0.15, 0.2) is 66.7 Å². The zero-order valence-corrected chi connectivity index (χ0v) is 15.1. The second-order valence-corrected chi connectivity index (χ2v) is 5.75. The van der Waals surface area contributed by atoms with E-state index in [-0.39, 0.29) is 17.1 Å². The molecule has 0 aliphatic rings. The van der Waals surface area contributed by atoms with Gasteiger partial charge in [-0.15, -0.1) is 0 Å². The number of hydrogen-bond donors (Lipinski definition) is 2. The van der Waals surface area contributed by atoms with Crippen LogP contribution < -0.4 is 15.4 Å². The SMILES string of the molecule is CCOc1ccc(NC(=O)c2cccc(C(=O)Nc3ccccc3F)n2)cc1. The summed E-state index contributed by atoms with van der Waals surface area (Å²) in [4.78, 5) is 28.8. The Bertz CT molecular complexity index is 990. The predicted octanol–water partition coefficient (Wildman–Crippen LogP) is 4.12. The Morgan fingerprint density at radius 1 is 0.893 bits per heavy atom. The minimum absolute atomic E-state index is 0.00240. The van der Waals surface area contributed by atoms with Gasteiger partial charge in [-0.25, -0.2) is 9.37 Å². The van der Waals surface area contributed by atoms with Crippen molar-refractivity contribution in [1.29, 1.82) is 0 Å². The van der Waals surface area contributed by atoms with Crippen molar-refractivity contribution in [3.05, 3.63) is 83.9 Å². The molecule has 142 valence electrons. The molecule has 0 saturated heterocycles. The van der Waals surface area contributed by atoms with Crippen molar-refractivity contribution in [1.82, 2.24) is 4.98 Å². The number of carbonyl (C=O) groups excluding carboxylic acids is 2. The van der Waals surface area contributed by atoms with E-state index in [0.29, 0.717) is 18.0 Å². The molecule has 6 nitrogen and oxygen atoms in total. The number of aromatic nitrogens is 1. The van der Waals surface area contributed by atoms with E-state index < -0.39 is 17.6 Å². The molecule has 28 heavy (non-hydrogen) atoms. The topological polar surface area (TPSA) is 80.3 Å². The molecule has 1 heterocycles. The fourth-order valence-corrected chi connectivity index (χ4v) is 2.43. The summed E-state index contributed by atoms with van der Waals surface area (Å²) in [6.45, 7) is 2.44. The number of nitrogens with zero attached hydrogens (tertiary/aromatic N) is 1. The second-order valence-electron chi connectivity index (χ2n) is 5.75. The van der Waals surface area contributed by atoms with Gasteiger partial charge in [-0.05, 0) is 55.5 Å². The first-order chi connectivity index (χ1) is 13.6. The number of anilines is 2. The quantitative estimate of drug-likeness (QED) is 0.675. The molecule has 0 radical (unpaired) electrons. The summed E-state index contributed by atoms with van der Waals surface area (Å²) in [7, 11) is 0. The molecule has 1 aromatic heterocycles. The smallest absolute Gasteiger partial charge is 0.274 e. The third kappa shape index (κ3) is 4.70. The van der Waals surface area contributed by atoms with Gasteiger partial charge in [0.2, 0.25) is 0 Å². The van der Waals surface area contributed by atoms with Crippen LogP contribution in [0.25, 0.3) is 0 Å². The van der Waals surface area contributed by atoms with E-state index in [4.69, 9.17) is 4.74 Å². The van der Waals surface area contributed by atoms with Gasteiger partial charge in [0.15, 0.2) is 0 Å². The molecule has 2 N–H and O–H groups in total. The van der Waals surface area contributed by atoms with Crippen molar-refractivity contribution >= 4 is 23.2 Å². The summed E-state index contributed by atoms with van der Waals surface area (Å²) >= 11 is 0. The number of halogens is 1. The Labute approximate surface area is 161 Å². The molecule has 3 rings (SSSR count). The maximum Gasteiger partial charge on any atom is 0.274 e. The molecule has 2 amide bonds. The van der Waals surface area contributed by atoms with Crippen molar-refractivity contribution in [2.75, 3.05) is 17.2 Å². The van der Waals surface area contributed by atoms with E-state index in [2.05, 4.69) is 15.6 Å². The Hall–Kier alpha value is -3.74. The highest BCUT2D eigenvalue weighted by molar-refractivity contribution is 6.06. The van der Waals surface area contributed by atoms with Crippen LogP contribution in [-0.4, -0.2) is 23.4 Å². The average molecular weight is 379 g/mol. The second kappa shape index (κ2) is 8.77. The molecule has 2 aromatic carbocycles. The van der Waals surface area contributed by atoms with Gasteiger partial charge < -0.3 is 15.4 Å². The number of benzene rings is 2.